The number of nitrogens with zero attached hydrogens (tertiary/aromatic N) is 3. The molecule has 1 aromatic carbocycles. The Kier molecular flexibility index (Phi) is 6.53. The minimum absolute atomic E-state index is 0.377. The fourth-order valence-corrected chi connectivity index (χ4v) is 5.38. The third-order valence-electron chi connectivity index (χ3n) is 5.05. The van der Waals surface area contributed by atoms with E-state index in [4.69, 9.17) is 4.99 Å². The summed E-state index contributed by atoms with van der Waals surface area (Å²) in [4.78, 5) is 7.39. The monoisotopic (exact) mass is 378 g/mol. The van der Waals surface area contributed by atoms with E-state index < -0.39 is 10.0 Å². The number of hydrogen-bond donors (Lipinski definition) is 1. The van der Waals surface area contributed by atoms with Gasteiger partial charge in [0.05, 0.1) is 11.4 Å². The van der Waals surface area contributed by atoms with Crippen molar-refractivity contribution in [1.29, 1.82) is 0 Å². The third-order valence-corrected chi connectivity index (χ3v) is 7.04. The van der Waals surface area contributed by atoms with Crippen LogP contribution < -0.4 is 5.32 Å². The lowest BCUT2D eigenvalue weighted by atomic mass is 10.2. The first-order valence-corrected chi connectivity index (χ1v) is 11.2. The first-order chi connectivity index (χ1) is 12.6. The zero-order valence-electron chi connectivity index (χ0n) is 15.7. The van der Waals surface area contributed by atoms with E-state index in [0.717, 1.165) is 50.4 Å². The molecule has 1 N–H and O–H groups in total. The maximum absolute atomic E-state index is 13.1. The highest BCUT2D eigenvalue weighted by Gasteiger charge is 2.27. The van der Waals surface area contributed by atoms with Crippen LogP contribution in [0, 0.1) is 0 Å². The summed E-state index contributed by atoms with van der Waals surface area (Å²) in [7, 11) is -3.44. The van der Waals surface area contributed by atoms with Gasteiger partial charge in [0.15, 0.2) is 5.96 Å². The molecule has 3 rings (SSSR count). The standard InChI is InChI=1S/C19H30N4O2S/c1-2-20-19(22-12-8-9-13-22)21-16-17-10-4-5-11-18(17)26(24,25)23-14-6-3-7-15-23/h4-5,10-11H,2-3,6-9,12-16H2,1H3,(H,20,21). The quantitative estimate of drug-likeness (QED) is 0.631. The lowest BCUT2D eigenvalue weighted by Gasteiger charge is -2.26. The number of sulfonamides is 1. The topological polar surface area (TPSA) is 65.0 Å². The maximum atomic E-state index is 13.1. The van der Waals surface area contributed by atoms with E-state index in [1.54, 1.807) is 16.4 Å². The van der Waals surface area contributed by atoms with Crippen molar-refractivity contribution in [3.05, 3.63) is 29.8 Å². The zero-order valence-corrected chi connectivity index (χ0v) is 16.5. The van der Waals surface area contributed by atoms with Gasteiger partial charge in [-0.2, -0.15) is 4.31 Å². The Hall–Kier alpha value is -1.60. The van der Waals surface area contributed by atoms with Crippen molar-refractivity contribution in [2.24, 2.45) is 4.99 Å². The van der Waals surface area contributed by atoms with E-state index in [1.807, 2.05) is 12.1 Å². The van der Waals surface area contributed by atoms with Crippen molar-refractivity contribution in [2.45, 2.75) is 50.5 Å². The average Bonchev–Trinajstić information content (AvgIpc) is 3.20. The normalized spacial score (nSPS) is 19.7. The number of nitrogens with one attached hydrogen (secondary N) is 1. The van der Waals surface area contributed by atoms with E-state index in [0.29, 0.717) is 24.5 Å². The van der Waals surface area contributed by atoms with Gasteiger partial charge in [0.1, 0.15) is 0 Å². The van der Waals surface area contributed by atoms with Crippen LogP contribution in [0.1, 0.15) is 44.6 Å². The van der Waals surface area contributed by atoms with Crippen molar-refractivity contribution >= 4 is 16.0 Å². The van der Waals surface area contributed by atoms with Gasteiger partial charge in [-0.25, -0.2) is 13.4 Å². The van der Waals surface area contributed by atoms with Crippen LogP contribution in [0.15, 0.2) is 34.2 Å². The van der Waals surface area contributed by atoms with Crippen LogP contribution in [0.25, 0.3) is 0 Å². The molecule has 2 saturated heterocycles. The third kappa shape index (κ3) is 4.38. The maximum Gasteiger partial charge on any atom is 0.243 e. The summed E-state index contributed by atoms with van der Waals surface area (Å²) in [5, 5.41) is 3.33. The minimum atomic E-state index is -3.44. The highest BCUT2D eigenvalue weighted by atomic mass is 32.2. The number of rotatable bonds is 5. The van der Waals surface area contributed by atoms with E-state index in [2.05, 4.69) is 17.1 Å². The molecule has 0 radical (unpaired) electrons. The van der Waals surface area contributed by atoms with Crippen molar-refractivity contribution in [1.82, 2.24) is 14.5 Å². The molecule has 6 nitrogen and oxygen atoms in total. The first-order valence-electron chi connectivity index (χ1n) is 9.74. The van der Waals surface area contributed by atoms with Gasteiger partial charge in [-0.1, -0.05) is 24.6 Å². The zero-order chi connectivity index (χ0) is 18.4. The molecular formula is C19H30N4O2S. The molecule has 2 heterocycles. The fourth-order valence-electron chi connectivity index (χ4n) is 3.65. The molecule has 26 heavy (non-hydrogen) atoms. The number of aliphatic imine (C=N–C) groups is 1. The van der Waals surface area contributed by atoms with Crippen molar-refractivity contribution in [3.8, 4) is 0 Å². The Morgan fingerprint density at radius 3 is 2.38 bits per heavy atom. The minimum Gasteiger partial charge on any atom is -0.357 e. The molecule has 2 fully saturated rings. The number of piperidine rings is 1. The summed E-state index contributed by atoms with van der Waals surface area (Å²) in [6, 6.07) is 7.30. The average molecular weight is 379 g/mol. The smallest absolute Gasteiger partial charge is 0.243 e. The highest BCUT2D eigenvalue weighted by Crippen LogP contribution is 2.24. The molecule has 144 valence electrons. The molecule has 0 amide bonds. The van der Waals surface area contributed by atoms with Crippen molar-refractivity contribution in [3.63, 3.8) is 0 Å². The molecule has 2 aliphatic heterocycles. The van der Waals surface area contributed by atoms with E-state index in [9.17, 15) is 8.42 Å². The Labute approximate surface area is 157 Å². The number of guanidine groups is 1. The predicted octanol–water partition coefficient (Wildman–Crippen LogP) is 2.42. The lowest BCUT2D eigenvalue weighted by molar-refractivity contribution is 0.346. The fraction of sp³-hybridized carbons (Fsp3) is 0.632. The number of benzene rings is 1. The van der Waals surface area contributed by atoms with Gasteiger partial charge < -0.3 is 10.2 Å². The summed E-state index contributed by atoms with van der Waals surface area (Å²) in [5.74, 6) is 0.884. The van der Waals surface area contributed by atoms with Crippen molar-refractivity contribution in [2.75, 3.05) is 32.7 Å². The Morgan fingerprint density at radius 2 is 1.69 bits per heavy atom. The summed E-state index contributed by atoms with van der Waals surface area (Å²) < 4.78 is 27.8. The number of hydrogen-bond acceptors (Lipinski definition) is 3. The summed E-state index contributed by atoms with van der Waals surface area (Å²) in [6.45, 7) is 6.51. The van der Waals surface area contributed by atoms with Gasteiger partial charge >= 0.3 is 0 Å². The summed E-state index contributed by atoms with van der Waals surface area (Å²) >= 11 is 0. The summed E-state index contributed by atoms with van der Waals surface area (Å²) in [5.41, 5.74) is 0.771. The molecular weight excluding hydrogens is 348 g/mol. The molecule has 0 spiro atoms. The first kappa shape index (κ1) is 19.2. The summed E-state index contributed by atoms with van der Waals surface area (Å²) in [6.07, 6.45) is 5.37. The van der Waals surface area contributed by atoms with Crippen LogP contribution in [-0.4, -0.2) is 56.3 Å². The SMILES string of the molecule is CCNC(=NCc1ccccc1S(=O)(=O)N1CCCCC1)N1CCCC1. The van der Waals surface area contributed by atoms with Crippen LogP contribution in [-0.2, 0) is 16.6 Å². The molecule has 0 saturated carbocycles. The predicted molar refractivity (Wildman–Crippen MR) is 105 cm³/mol. The van der Waals surface area contributed by atoms with Gasteiger partial charge in [0.2, 0.25) is 10.0 Å². The Morgan fingerprint density at radius 1 is 1.04 bits per heavy atom. The second-order valence-corrected chi connectivity index (χ2v) is 8.84. The Bertz CT molecular complexity index is 721. The molecule has 0 aliphatic carbocycles. The second-order valence-electron chi connectivity index (χ2n) is 6.94. The van der Waals surface area contributed by atoms with Crippen LogP contribution in [0.3, 0.4) is 0 Å². The molecule has 0 bridgehead atoms. The Balaban J connectivity index is 1.83. The number of likely N-dealkylation sites (tertiary alicyclic amines) is 1. The van der Waals surface area contributed by atoms with Crippen LogP contribution in [0.5, 0.6) is 0 Å². The van der Waals surface area contributed by atoms with Gasteiger partial charge in [-0.3, -0.25) is 0 Å². The van der Waals surface area contributed by atoms with Crippen molar-refractivity contribution < 1.29 is 8.42 Å². The molecule has 2 aliphatic rings. The molecule has 0 unspecified atom stereocenters. The van der Waals surface area contributed by atoms with Gasteiger partial charge in [-0.15, -0.1) is 0 Å². The molecule has 0 aromatic heterocycles. The van der Waals surface area contributed by atoms with Crippen LogP contribution >= 0.6 is 0 Å². The van der Waals surface area contributed by atoms with Gasteiger partial charge in [0, 0.05) is 32.7 Å². The van der Waals surface area contributed by atoms with E-state index in [1.165, 1.54) is 12.8 Å². The molecule has 0 atom stereocenters. The van der Waals surface area contributed by atoms with Crippen LogP contribution in [0.4, 0.5) is 0 Å². The molecule has 7 heteroatoms. The van der Waals surface area contributed by atoms with Crippen LogP contribution in [0.2, 0.25) is 0 Å². The van der Waals surface area contributed by atoms with Gasteiger partial charge in [0.25, 0.3) is 0 Å². The van der Waals surface area contributed by atoms with Gasteiger partial charge in [-0.05, 0) is 44.2 Å². The largest absolute Gasteiger partial charge is 0.357 e. The van der Waals surface area contributed by atoms with E-state index >= 15 is 0 Å². The van der Waals surface area contributed by atoms with E-state index in [-0.39, 0.29) is 0 Å². The highest BCUT2D eigenvalue weighted by molar-refractivity contribution is 7.89. The lowest BCUT2D eigenvalue weighted by Crippen LogP contribution is -2.39. The molecule has 1 aromatic rings. The second kappa shape index (κ2) is 8.86.